The fourth-order valence-electron chi connectivity index (χ4n) is 3.75. The van der Waals surface area contributed by atoms with Crippen LogP contribution in [0, 0.1) is 11.8 Å². The zero-order chi connectivity index (χ0) is 23.2. The molecule has 0 radical (unpaired) electrons. The van der Waals surface area contributed by atoms with E-state index in [2.05, 4.69) is 4.98 Å². The summed E-state index contributed by atoms with van der Waals surface area (Å²) in [5, 5.41) is -0.149. The topological polar surface area (TPSA) is 72.0 Å². The summed E-state index contributed by atoms with van der Waals surface area (Å²) < 4.78 is 40.4. The Kier molecular flexibility index (Phi) is 5.70. The molecule has 2 amide bonds. The first-order valence-electron chi connectivity index (χ1n) is 10.1. The minimum Gasteiger partial charge on any atom is -0.489 e. The lowest BCUT2D eigenvalue weighted by molar-refractivity contribution is 0.000892. The molecule has 1 saturated heterocycles. The third-order valence-corrected chi connectivity index (χ3v) is 5.56. The van der Waals surface area contributed by atoms with Crippen LogP contribution >= 0.6 is 11.6 Å². The standard InChI is InChI=1S/C22H22ClF2N3O4/c1-22(2,3)32-21(30)27-8-9-28-12(10-27)11-31-18-15(20(28)29)19(25)26-17(16(18)23)13-6-4-5-7-14(13)24/h4-7,12H,8-11H2,1-3H3/t12-/m1/s1. The lowest BCUT2D eigenvalue weighted by Gasteiger charge is -2.40. The number of hydrogen-bond acceptors (Lipinski definition) is 5. The van der Waals surface area contributed by atoms with Crippen LogP contribution < -0.4 is 4.74 Å². The lowest BCUT2D eigenvalue weighted by Crippen LogP contribution is -2.58. The van der Waals surface area contributed by atoms with E-state index in [1.54, 1.807) is 26.8 Å². The second-order valence-corrected chi connectivity index (χ2v) is 9.02. The number of piperazine rings is 1. The predicted molar refractivity (Wildman–Crippen MR) is 113 cm³/mol. The molecule has 7 nitrogen and oxygen atoms in total. The van der Waals surface area contributed by atoms with Gasteiger partial charge in [0.15, 0.2) is 5.75 Å². The van der Waals surface area contributed by atoms with Gasteiger partial charge in [-0.2, -0.15) is 4.39 Å². The Morgan fingerprint density at radius 1 is 1.25 bits per heavy atom. The van der Waals surface area contributed by atoms with Crippen LogP contribution in [-0.4, -0.2) is 64.7 Å². The van der Waals surface area contributed by atoms with Crippen molar-refractivity contribution in [1.29, 1.82) is 0 Å². The predicted octanol–water partition coefficient (Wildman–Crippen LogP) is 4.13. The van der Waals surface area contributed by atoms with Crippen LogP contribution in [0.15, 0.2) is 24.3 Å². The van der Waals surface area contributed by atoms with Gasteiger partial charge in [-0.3, -0.25) is 4.79 Å². The maximum Gasteiger partial charge on any atom is 0.410 e. The number of halogens is 3. The molecule has 1 fully saturated rings. The van der Waals surface area contributed by atoms with Gasteiger partial charge >= 0.3 is 6.09 Å². The fraction of sp³-hybridized carbons (Fsp3) is 0.409. The number of nitrogens with zero attached hydrogens (tertiary/aromatic N) is 3. The molecule has 1 aromatic carbocycles. The van der Waals surface area contributed by atoms with E-state index >= 15 is 4.39 Å². The van der Waals surface area contributed by atoms with Crippen LogP contribution in [0.4, 0.5) is 13.6 Å². The Morgan fingerprint density at radius 2 is 1.97 bits per heavy atom. The summed E-state index contributed by atoms with van der Waals surface area (Å²) in [7, 11) is 0. The number of pyridine rings is 1. The van der Waals surface area contributed by atoms with Crippen molar-refractivity contribution in [3.8, 4) is 17.0 Å². The van der Waals surface area contributed by atoms with Gasteiger partial charge in [0, 0.05) is 25.2 Å². The molecule has 2 aromatic rings. The van der Waals surface area contributed by atoms with E-state index in [0.717, 1.165) is 0 Å². The van der Waals surface area contributed by atoms with E-state index in [4.69, 9.17) is 21.1 Å². The maximum absolute atomic E-state index is 15.0. The molecule has 32 heavy (non-hydrogen) atoms. The molecule has 1 aromatic heterocycles. The summed E-state index contributed by atoms with van der Waals surface area (Å²) in [6, 6.07) is 5.13. The number of benzene rings is 1. The summed E-state index contributed by atoms with van der Waals surface area (Å²) in [4.78, 5) is 32.3. The quantitative estimate of drug-likeness (QED) is 0.592. The highest BCUT2D eigenvalue weighted by atomic mass is 35.5. The average molecular weight is 466 g/mol. The highest BCUT2D eigenvalue weighted by Gasteiger charge is 2.40. The van der Waals surface area contributed by atoms with Crippen molar-refractivity contribution in [1.82, 2.24) is 14.8 Å². The van der Waals surface area contributed by atoms with Crippen molar-refractivity contribution in [3.63, 3.8) is 0 Å². The summed E-state index contributed by atoms with van der Waals surface area (Å²) in [6.45, 7) is 5.81. The number of carbonyl (C=O) groups excluding carboxylic acids is 2. The van der Waals surface area contributed by atoms with Gasteiger partial charge in [0.05, 0.1) is 11.7 Å². The minimum absolute atomic E-state index is 0.00619. The van der Waals surface area contributed by atoms with Gasteiger partial charge in [-0.05, 0) is 32.9 Å². The molecule has 170 valence electrons. The van der Waals surface area contributed by atoms with E-state index in [0.29, 0.717) is 0 Å². The van der Waals surface area contributed by atoms with Crippen molar-refractivity contribution in [2.45, 2.75) is 32.4 Å². The van der Waals surface area contributed by atoms with Crippen molar-refractivity contribution in [2.75, 3.05) is 26.2 Å². The Balaban J connectivity index is 1.65. The van der Waals surface area contributed by atoms with Crippen molar-refractivity contribution in [2.24, 2.45) is 0 Å². The Labute approximate surface area is 188 Å². The number of ether oxygens (including phenoxy) is 2. The second-order valence-electron chi connectivity index (χ2n) is 8.64. The average Bonchev–Trinajstić information content (AvgIpc) is 2.87. The number of carbonyl (C=O) groups is 2. The summed E-state index contributed by atoms with van der Waals surface area (Å²) in [5.74, 6) is -2.55. The van der Waals surface area contributed by atoms with Gasteiger partial charge in [-0.15, -0.1) is 0 Å². The Morgan fingerprint density at radius 3 is 2.66 bits per heavy atom. The van der Waals surface area contributed by atoms with Gasteiger partial charge in [0.25, 0.3) is 5.91 Å². The van der Waals surface area contributed by atoms with Gasteiger partial charge in [-0.1, -0.05) is 23.7 Å². The maximum atomic E-state index is 15.0. The molecule has 0 aliphatic carbocycles. The number of aromatic nitrogens is 1. The zero-order valence-corrected chi connectivity index (χ0v) is 18.6. The van der Waals surface area contributed by atoms with Crippen molar-refractivity contribution in [3.05, 3.63) is 46.6 Å². The van der Waals surface area contributed by atoms with Crippen LogP contribution in [0.1, 0.15) is 31.1 Å². The highest BCUT2D eigenvalue weighted by molar-refractivity contribution is 6.35. The van der Waals surface area contributed by atoms with Gasteiger partial charge in [0.1, 0.15) is 28.6 Å². The first kappa shape index (κ1) is 22.3. The van der Waals surface area contributed by atoms with Crippen molar-refractivity contribution < 1.29 is 27.8 Å². The fourth-order valence-corrected chi connectivity index (χ4v) is 4.04. The van der Waals surface area contributed by atoms with Gasteiger partial charge in [-0.25, -0.2) is 14.2 Å². The molecule has 0 unspecified atom stereocenters. The van der Waals surface area contributed by atoms with Crippen LogP contribution in [0.2, 0.25) is 5.02 Å². The van der Waals surface area contributed by atoms with E-state index in [1.807, 2.05) is 0 Å². The summed E-state index contributed by atoms with van der Waals surface area (Å²) >= 11 is 6.42. The Bertz CT molecular complexity index is 1090. The van der Waals surface area contributed by atoms with Crippen LogP contribution in [-0.2, 0) is 4.74 Å². The molecule has 0 N–H and O–H groups in total. The zero-order valence-electron chi connectivity index (χ0n) is 17.8. The molecule has 0 bridgehead atoms. The van der Waals surface area contributed by atoms with E-state index < -0.39 is 41.0 Å². The number of fused-ring (bicyclic) bond motifs is 2. The molecular formula is C22H22ClF2N3O4. The van der Waals surface area contributed by atoms with E-state index in [1.165, 1.54) is 28.0 Å². The molecule has 3 heterocycles. The first-order chi connectivity index (χ1) is 15.1. The Hall–Kier alpha value is -2.94. The first-order valence-corrected chi connectivity index (χ1v) is 10.5. The molecule has 2 aliphatic rings. The SMILES string of the molecule is CC(C)(C)OC(=O)N1CCN2C(=O)c3c(F)nc(-c4ccccc4F)c(Cl)c3OC[C@H]2C1. The molecule has 10 heteroatoms. The van der Waals surface area contributed by atoms with E-state index in [-0.39, 0.29) is 48.3 Å². The number of hydrogen-bond donors (Lipinski definition) is 0. The molecular weight excluding hydrogens is 444 g/mol. The van der Waals surface area contributed by atoms with Crippen molar-refractivity contribution >= 4 is 23.6 Å². The second kappa shape index (κ2) is 8.20. The van der Waals surface area contributed by atoms with Crippen LogP contribution in [0.5, 0.6) is 5.75 Å². The molecule has 1 atom stereocenters. The minimum atomic E-state index is -1.09. The summed E-state index contributed by atoms with van der Waals surface area (Å²) in [6.07, 6.45) is -0.501. The van der Waals surface area contributed by atoms with Gasteiger partial charge < -0.3 is 19.3 Å². The smallest absolute Gasteiger partial charge is 0.410 e. The molecule has 2 aliphatic heterocycles. The highest BCUT2D eigenvalue weighted by Crippen LogP contribution is 2.40. The largest absolute Gasteiger partial charge is 0.489 e. The monoisotopic (exact) mass is 465 g/mol. The molecule has 4 rings (SSSR count). The molecule has 0 saturated carbocycles. The third kappa shape index (κ3) is 4.09. The summed E-state index contributed by atoms with van der Waals surface area (Å²) in [5.41, 5.74) is -1.22. The normalized spacial score (nSPS) is 18.4. The van der Waals surface area contributed by atoms with Crippen LogP contribution in [0.3, 0.4) is 0 Å². The third-order valence-electron chi connectivity index (χ3n) is 5.21. The van der Waals surface area contributed by atoms with Crippen LogP contribution in [0.25, 0.3) is 11.3 Å². The number of amides is 2. The van der Waals surface area contributed by atoms with E-state index in [9.17, 15) is 14.0 Å². The number of rotatable bonds is 1. The van der Waals surface area contributed by atoms with Gasteiger partial charge in [0.2, 0.25) is 5.95 Å². The molecule has 0 spiro atoms. The lowest BCUT2D eigenvalue weighted by atomic mass is 10.1.